The van der Waals surface area contributed by atoms with E-state index in [1.807, 2.05) is 0 Å². The average molecular weight is 397 g/mol. The molecule has 0 saturated carbocycles. The molecule has 0 radical (unpaired) electrons. The zero-order valence-corrected chi connectivity index (χ0v) is 18.1. The van der Waals surface area contributed by atoms with Gasteiger partial charge < -0.3 is 15.1 Å². The minimum Gasteiger partial charge on any atom is -0.357 e. The fourth-order valence-corrected chi connectivity index (χ4v) is 4.32. The summed E-state index contributed by atoms with van der Waals surface area (Å²) in [5, 5.41) is 3.46. The van der Waals surface area contributed by atoms with Crippen molar-refractivity contribution in [3.8, 4) is 0 Å². The molecular formula is C24H36N4O. The third kappa shape index (κ3) is 6.09. The second-order valence-corrected chi connectivity index (χ2v) is 7.98. The highest BCUT2D eigenvalue weighted by atomic mass is 16.2. The normalized spacial score (nSPS) is 18.9. The molecule has 5 nitrogen and oxygen atoms in total. The molecule has 2 aliphatic rings. The van der Waals surface area contributed by atoms with Crippen molar-refractivity contribution in [2.24, 2.45) is 4.99 Å². The van der Waals surface area contributed by atoms with Crippen molar-refractivity contribution in [3.05, 3.63) is 41.5 Å². The van der Waals surface area contributed by atoms with Gasteiger partial charge in [0.2, 0.25) is 5.91 Å². The van der Waals surface area contributed by atoms with Crippen LogP contribution < -0.4 is 5.32 Å². The minimum absolute atomic E-state index is 0.321. The van der Waals surface area contributed by atoms with Crippen molar-refractivity contribution < 1.29 is 4.79 Å². The van der Waals surface area contributed by atoms with Crippen molar-refractivity contribution in [1.29, 1.82) is 0 Å². The molecule has 1 aromatic rings. The Kier molecular flexibility index (Phi) is 8.14. The Morgan fingerprint density at radius 3 is 2.52 bits per heavy atom. The lowest BCUT2D eigenvalue weighted by Crippen LogP contribution is -2.44. The van der Waals surface area contributed by atoms with E-state index in [0.29, 0.717) is 11.9 Å². The topological polar surface area (TPSA) is 47.9 Å². The largest absolute Gasteiger partial charge is 0.357 e. The Morgan fingerprint density at radius 2 is 1.90 bits per heavy atom. The summed E-state index contributed by atoms with van der Waals surface area (Å²) in [7, 11) is 0. The van der Waals surface area contributed by atoms with Crippen LogP contribution in [-0.4, -0.2) is 60.4 Å². The lowest BCUT2D eigenvalue weighted by Gasteiger charge is -2.32. The van der Waals surface area contributed by atoms with E-state index in [2.05, 4.69) is 65.4 Å². The van der Waals surface area contributed by atoms with E-state index in [-0.39, 0.29) is 0 Å². The highest BCUT2D eigenvalue weighted by Gasteiger charge is 2.26. The zero-order chi connectivity index (χ0) is 20.5. The molecule has 1 atom stereocenters. The van der Waals surface area contributed by atoms with Crippen LogP contribution in [0.5, 0.6) is 0 Å². The highest BCUT2D eigenvalue weighted by molar-refractivity contribution is 5.80. The summed E-state index contributed by atoms with van der Waals surface area (Å²) in [4.78, 5) is 21.4. The van der Waals surface area contributed by atoms with Crippen LogP contribution in [0.25, 0.3) is 6.08 Å². The zero-order valence-electron chi connectivity index (χ0n) is 18.1. The fourth-order valence-electron chi connectivity index (χ4n) is 4.32. The van der Waals surface area contributed by atoms with E-state index in [4.69, 9.17) is 4.99 Å². The van der Waals surface area contributed by atoms with Crippen LogP contribution in [0.15, 0.2) is 40.9 Å². The highest BCUT2D eigenvalue weighted by Crippen LogP contribution is 2.20. The smallest absolute Gasteiger partial charge is 0.222 e. The van der Waals surface area contributed by atoms with E-state index >= 15 is 0 Å². The number of likely N-dealkylation sites (tertiary alicyclic amines) is 2. The summed E-state index contributed by atoms with van der Waals surface area (Å²) in [6, 6.07) is 10.9. The van der Waals surface area contributed by atoms with E-state index in [9.17, 15) is 4.79 Å². The van der Waals surface area contributed by atoms with Gasteiger partial charge in [-0.15, -0.1) is 0 Å². The molecule has 0 bridgehead atoms. The minimum atomic E-state index is 0.321. The second-order valence-electron chi connectivity index (χ2n) is 7.98. The molecule has 3 rings (SSSR count). The first kappa shape index (κ1) is 21.4. The Bertz CT molecular complexity index is 703. The molecule has 0 spiro atoms. The summed E-state index contributed by atoms with van der Waals surface area (Å²) in [6.45, 7) is 8.88. The van der Waals surface area contributed by atoms with Gasteiger partial charge in [-0.25, -0.2) is 0 Å². The van der Waals surface area contributed by atoms with E-state index in [0.717, 1.165) is 77.2 Å². The number of piperidine rings is 1. The average Bonchev–Trinajstić information content (AvgIpc) is 3.17. The number of hydrogen-bond acceptors (Lipinski definition) is 2. The summed E-state index contributed by atoms with van der Waals surface area (Å²) in [5.74, 6) is 1.34. The first-order valence-corrected chi connectivity index (χ1v) is 11.3. The fraction of sp³-hybridized carbons (Fsp3) is 0.583. The molecule has 1 aromatic carbocycles. The quantitative estimate of drug-likeness (QED) is 0.561. The maximum absolute atomic E-state index is 12.0. The Labute approximate surface area is 175 Å². The standard InChI is InChI=1S/C24H36N4O/c1-3-22(28-16-8-11-23(28)29)12-15-26-24(25-4-2)27-17-13-21(14-18-27)19-20-9-6-5-7-10-20/h5-7,9-10,19,22H,3-4,8,11-18H2,1-2H3,(H,25,26). The van der Waals surface area contributed by atoms with Crippen LogP contribution in [0.1, 0.15) is 57.9 Å². The molecule has 2 heterocycles. The van der Waals surface area contributed by atoms with Gasteiger partial charge in [-0.05, 0) is 44.6 Å². The number of benzene rings is 1. The molecular weight excluding hydrogens is 360 g/mol. The number of carbonyl (C=O) groups is 1. The predicted octanol–water partition coefficient (Wildman–Crippen LogP) is 3.92. The number of hydrogen-bond donors (Lipinski definition) is 1. The van der Waals surface area contributed by atoms with Crippen LogP contribution in [-0.2, 0) is 4.79 Å². The second kappa shape index (κ2) is 11.0. The molecule has 1 unspecified atom stereocenters. The molecule has 1 N–H and O–H groups in total. The van der Waals surface area contributed by atoms with Gasteiger partial charge in [0, 0.05) is 45.2 Å². The van der Waals surface area contributed by atoms with Crippen molar-refractivity contribution in [2.75, 3.05) is 32.7 Å². The molecule has 0 aliphatic carbocycles. The molecule has 0 aromatic heterocycles. The Hall–Kier alpha value is -2.30. The van der Waals surface area contributed by atoms with Gasteiger partial charge in [-0.2, -0.15) is 0 Å². The molecule has 2 saturated heterocycles. The molecule has 29 heavy (non-hydrogen) atoms. The van der Waals surface area contributed by atoms with E-state index < -0.39 is 0 Å². The lowest BCUT2D eigenvalue weighted by atomic mass is 10.0. The molecule has 5 heteroatoms. The van der Waals surface area contributed by atoms with Gasteiger partial charge >= 0.3 is 0 Å². The molecule has 2 fully saturated rings. The number of amides is 1. The first-order valence-electron chi connectivity index (χ1n) is 11.3. The lowest BCUT2D eigenvalue weighted by molar-refractivity contribution is -0.129. The van der Waals surface area contributed by atoms with Crippen LogP contribution in [0.2, 0.25) is 0 Å². The van der Waals surface area contributed by atoms with Gasteiger partial charge in [0.15, 0.2) is 5.96 Å². The Morgan fingerprint density at radius 1 is 1.14 bits per heavy atom. The van der Waals surface area contributed by atoms with E-state index in [1.54, 1.807) is 0 Å². The van der Waals surface area contributed by atoms with Crippen LogP contribution >= 0.6 is 0 Å². The predicted molar refractivity (Wildman–Crippen MR) is 121 cm³/mol. The summed E-state index contributed by atoms with van der Waals surface area (Å²) < 4.78 is 0. The summed E-state index contributed by atoms with van der Waals surface area (Å²) in [5.41, 5.74) is 2.81. The summed E-state index contributed by atoms with van der Waals surface area (Å²) >= 11 is 0. The monoisotopic (exact) mass is 396 g/mol. The van der Waals surface area contributed by atoms with Gasteiger partial charge in [-0.3, -0.25) is 9.79 Å². The van der Waals surface area contributed by atoms with Crippen molar-refractivity contribution in [1.82, 2.24) is 15.1 Å². The van der Waals surface area contributed by atoms with Crippen molar-refractivity contribution in [2.45, 2.75) is 58.4 Å². The third-order valence-electron chi connectivity index (χ3n) is 5.96. The van der Waals surface area contributed by atoms with Crippen LogP contribution in [0.4, 0.5) is 0 Å². The van der Waals surface area contributed by atoms with Gasteiger partial charge in [0.25, 0.3) is 0 Å². The van der Waals surface area contributed by atoms with E-state index in [1.165, 1.54) is 11.1 Å². The van der Waals surface area contributed by atoms with Crippen LogP contribution in [0.3, 0.4) is 0 Å². The molecule has 2 aliphatic heterocycles. The van der Waals surface area contributed by atoms with Crippen molar-refractivity contribution in [3.63, 3.8) is 0 Å². The number of nitrogens with zero attached hydrogens (tertiary/aromatic N) is 3. The number of rotatable bonds is 7. The third-order valence-corrected chi connectivity index (χ3v) is 5.96. The molecule has 1 amide bonds. The number of aliphatic imine (C=N–C) groups is 1. The number of nitrogens with one attached hydrogen (secondary N) is 1. The first-order chi connectivity index (χ1) is 14.2. The SMILES string of the molecule is CCNC(=NCCC(CC)N1CCCC1=O)N1CCC(=Cc2ccccc2)CC1. The number of carbonyl (C=O) groups excluding carboxylic acids is 1. The maximum atomic E-state index is 12.0. The van der Waals surface area contributed by atoms with Crippen molar-refractivity contribution >= 4 is 17.9 Å². The summed E-state index contributed by atoms with van der Waals surface area (Å²) in [6.07, 6.45) is 8.18. The number of guanidine groups is 1. The van der Waals surface area contributed by atoms with Gasteiger partial charge in [0.1, 0.15) is 0 Å². The van der Waals surface area contributed by atoms with Gasteiger partial charge in [-0.1, -0.05) is 48.9 Å². The molecule has 158 valence electrons. The van der Waals surface area contributed by atoms with Gasteiger partial charge in [0.05, 0.1) is 0 Å². The van der Waals surface area contributed by atoms with Crippen LogP contribution in [0, 0.1) is 0 Å². The maximum Gasteiger partial charge on any atom is 0.222 e. The Balaban J connectivity index is 1.54.